The van der Waals surface area contributed by atoms with Crippen LogP contribution in [0.2, 0.25) is 0 Å². The first-order chi connectivity index (χ1) is 23.0. The zero-order valence-electron chi connectivity index (χ0n) is 31.1. The fourth-order valence-corrected chi connectivity index (χ4v) is 6.56. The topological polar surface area (TPSA) is 47.9 Å². The summed E-state index contributed by atoms with van der Waals surface area (Å²) in [6, 6.07) is 15.1. The largest absolute Gasteiger partial charge is 0.508 e. The summed E-state index contributed by atoms with van der Waals surface area (Å²) in [7, 11) is 0. The molecule has 0 unspecified atom stereocenters. The standard InChI is InChI=1S/C44H60O4/c1-9-11-13-18-34-27-39(45)36(22-20-32(5)17-15-16-31(3)4)40(28-34)46-24-25-47-41-29-35(19-14-12-10-2)30-42-43(41)37-26-33(6)21-23-38(37)44(7,8)48-42/h16,20-21,23,26-30,45H,9-15,17-19,22,24-25H2,1-8H3/b32-20+. The molecule has 1 N–H and O–H groups in total. The van der Waals surface area contributed by atoms with Crippen LogP contribution in [0.1, 0.15) is 128 Å². The van der Waals surface area contributed by atoms with Crippen LogP contribution in [0.5, 0.6) is 23.0 Å². The maximum absolute atomic E-state index is 11.2. The van der Waals surface area contributed by atoms with Gasteiger partial charge in [-0.05, 0) is 127 Å². The fourth-order valence-electron chi connectivity index (χ4n) is 6.56. The van der Waals surface area contributed by atoms with Crippen molar-refractivity contribution in [2.45, 2.75) is 132 Å². The highest BCUT2D eigenvalue weighted by Gasteiger charge is 2.34. The van der Waals surface area contributed by atoms with E-state index in [4.69, 9.17) is 14.2 Å². The molecule has 1 heterocycles. The smallest absolute Gasteiger partial charge is 0.132 e. The Balaban J connectivity index is 1.57. The summed E-state index contributed by atoms with van der Waals surface area (Å²) in [6.45, 7) is 18.1. The predicted molar refractivity (Wildman–Crippen MR) is 202 cm³/mol. The number of hydrogen-bond acceptors (Lipinski definition) is 4. The second-order valence-electron chi connectivity index (χ2n) is 14.4. The molecule has 3 aromatic carbocycles. The molecule has 0 bridgehead atoms. The second-order valence-corrected chi connectivity index (χ2v) is 14.4. The van der Waals surface area contributed by atoms with E-state index in [0.717, 1.165) is 78.9 Å². The molecule has 48 heavy (non-hydrogen) atoms. The van der Waals surface area contributed by atoms with Gasteiger partial charge in [-0.2, -0.15) is 0 Å². The van der Waals surface area contributed by atoms with Crippen LogP contribution in [-0.2, 0) is 24.9 Å². The molecular weight excluding hydrogens is 592 g/mol. The van der Waals surface area contributed by atoms with Gasteiger partial charge in [-0.1, -0.05) is 86.6 Å². The highest BCUT2D eigenvalue weighted by molar-refractivity contribution is 5.82. The zero-order chi connectivity index (χ0) is 34.7. The Morgan fingerprint density at radius 2 is 1.46 bits per heavy atom. The number of rotatable bonds is 18. The molecule has 0 saturated carbocycles. The van der Waals surface area contributed by atoms with Gasteiger partial charge >= 0.3 is 0 Å². The van der Waals surface area contributed by atoms with Crippen molar-refractivity contribution in [2.75, 3.05) is 13.2 Å². The normalized spacial score (nSPS) is 13.4. The lowest BCUT2D eigenvalue weighted by molar-refractivity contribution is 0.105. The number of hydrogen-bond donors (Lipinski definition) is 1. The lowest BCUT2D eigenvalue weighted by Gasteiger charge is -2.36. The Bertz CT molecular complexity index is 1570. The minimum Gasteiger partial charge on any atom is -0.508 e. The Labute approximate surface area is 291 Å². The fraction of sp³-hybridized carbons (Fsp3) is 0.500. The average molecular weight is 653 g/mol. The van der Waals surface area contributed by atoms with Crippen LogP contribution >= 0.6 is 0 Å². The van der Waals surface area contributed by atoms with Crippen molar-refractivity contribution in [3.05, 3.63) is 93.6 Å². The number of phenols is 1. The van der Waals surface area contributed by atoms with E-state index in [-0.39, 0.29) is 0 Å². The van der Waals surface area contributed by atoms with Crippen LogP contribution in [0, 0.1) is 6.92 Å². The van der Waals surface area contributed by atoms with Crippen molar-refractivity contribution in [3.63, 3.8) is 0 Å². The Hall–Kier alpha value is -3.66. The zero-order valence-corrected chi connectivity index (χ0v) is 31.1. The molecule has 0 aliphatic carbocycles. The van der Waals surface area contributed by atoms with E-state index in [1.807, 2.05) is 6.07 Å². The lowest BCUT2D eigenvalue weighted by atomic mass is 9.84. The second kappa shape index (κ2) is 17.7. The summed E-state index contributed by atoms with van der Waals surface area (Å²) in [4.78, 5) is 0. The van der Waals surface area contributed by atoms with E-state index in [2.05, 4.69) is 104 Å². The van der Waals surface area contributed by atoms with Crippen LogP contribution in [-0.4, -0.2) is 18.3 Å². The maximum atomic E-state index is 11.2. The number of phenolic OH excluding ortho intramolecular Hbond substituents is 1. The Kier molecular flexibility index (Phi) is 13.7. The monoisotopic (exact) mass is 652 g/mol. The molecule has 0 amide bonds. The highest BCUT2D eigenvalue weighted by atomic mass is 16.5. The van der Waals surface area contributed by atoms with Crippen molar-refractivity contribution < 1.29 is 19.3 Å². The van der Waals surface area contributed by atoms with E-state index >= 15 is 0 Å². The third-order valence-corrected chi connectivity index (χ3v) is 9.31. The van der Waals surface area contributed by atoms with Gasteiger partial charge < -0.3 is 19.3 Å². The molecule has 260 valence electrons. The predicted octanol–water partition coefficient (Wildman–Crippen LogP) is 12.2. The minimum atomic E-state index is -0.433. The van der Waals surface area contributed by atoms with Gasteiger partial charge in [0.25, 0.3) is 0 Å². The van der Waals surface area contributed by atoms with Crippen LogP contribution in [0.4, 0.5) is 0 Å². The first-order valence-electron chi connectivity index (χ1n) is 18.4. The number of aromatic hydroxyl groups is 1. The number of aryl methyl sites for hydroxylation is 3. The van der Waals surface area contributed by atoms with Gasteiger partial charge in [0.15, 0.2) is 0 Å². The van der Waals surface area contributed by atoms with Crippen LogP contribution in [0.15, 0.2) is 65.8 Å². The Morgan fingerprint density at radius 3 is 2.12 bits per heavy atom. The highest BCUT2D eigenvalue weighted by Crippen LogP contribution is 2.50. The molecule has 0 aromatic heterocycles. The SMILES string of the molecule is CCCCCc1cc(O)c(C/C=C(\C)CCC=C(C)C)c(OCCOc2cc(CCCCC)cc3c2-c2cc(C)ccc2C(C)(C)O3)c1. The molecule has 0 radical (unpaired) electrons. The van der Waals surface area contributed by atoms with E-state index in [1.54, 1.807) is 0 Å². The minimum absolute atomic E-state index is 0.314. The number of benzene rings is 3. The van der Waals surface area contributed by atoms with E-state index in [0.29, 0.717) is 25.4 Å². The van der Waals surface area contributed by atoms with Crippen molar-refractivity contribution >= 4 is 0 Å². The van der Waals surface area contributed by atoms with Crippen molar-refractivity contribution in [1.82, 2.24) is 0 Å². The molecule has 1 aliphatic heterocycles. The molecular formula is C44H60O4. The van der Waals surface area contributed by atoms with Crippen LogP contribution in [0.3, 0.4) is 0 Å². The van der Waals surface area contributed by atoms with Crippen LogP contribution in [0.25, 0.3) is 11.1 Å². The third kappa shape index (κ3) is 10.2. The van der Waals surface area contributed by atoms with Gasteiger partial charge in [-0.3, -0.25) is 0 Å². The van der Waals surface area contributed by atoms with Gasteiger partial charge in [-0.25, -0.2) is 0 Å². The van der Waals surface area contributed by atoms with E-state index < -0.39 is 5.60 Å². The molecule has 0 fully saturated rings. The summed E-state index contributed by atoms with van der Waals surface area (Å²) >= 11 is 0. The summed E-state index contributed by atoms with van der Waals surface area (Å²) in [6.07, 6.45) is 16.1. The number of unbranched alkanes of at least 4 members (excludes halogenated alkanes) is 4. The average Bonchev–Trinajstić information content (AvgIpc) is 3.02. The van der Waals surface area contributed by atoms with Crippen molar-refractivity contribution in [2.24, 2.45) is 0 Å². The first kappa shape index (κ1) is 37.2. The summed E-state index contributed by atoms with van der Waals surface area (Å²) in [5, 5.41) is 11.2. The quantitative estimate of drug-likeness (QED) is 0.110. The summed E-state index contributed by atoms with van der Waals surface area (Å²) in [5.41, 5.74) is 10.0. The number of ether oxygens (including phenoxy) is 3. The molecule has 0 atom stereocenters. The van der Waals surface area contributed by atoms with Crippen molar-refractivity contribution in [3.8, 4) is 34.1 Å². The molecule has 1 aliphatic rings. The molecule has 0 spiro atoms. The third-order valence-electron chi connectivity index (χ3n) is 9.31. The first-order valence-corrected chi connectivity index (χ1v) is 18.4. The van der Waals surface area contributed by atoms with E-state index in [9.17, 15) is 5.11 Å². The summed E-state index contributed by atoms with van der Waals surface area (Å²) < 4.78 is 19.7. The number of fused-ring (bicyclic) bond motifs is 3. The van der Waals surface area contributed by atoms with Gasteiger partial charge in [0.2, 0.25) is 0 Å². The Morgan fingerprint density at radius 1 is 0.812 bits per heavy atom. The lowest BCUT2D eigenvalue weighted by Crippen LogP contribution is -2.29. The molecule has 3 aromatic rings. The summed E-state index contributed by atoms with van der Waals surface area (Å²) in [5.74, 6) is 2.80. The van der Waals surface area contributed by atoms with Gasteiger partial charge in [-0.15, -0.1) is 0 Å². The number of allylic oxidation sites excluding steroid dienone is 4. The van der Waals surface area contributed by atoms with E-state index in [1.165, 1.54) is 52.7 Å². The van der Waals surface area contributed by atoms with Gasteiger partial charge in [0, 0.05) is 11.1 Å². The molecule has 0 saturated heterocycles. The maximum Gasteiger partial charge on any atom is 0.132 e. The molecule has 4 rings (SSSR count). The molecule has 4 heteroatoms. The van der Waals surface area contributed by atoms with Crippen LogP contribution < -0.4 is 14.2 Å². The van der Waals surface area contributed by atoms with Gasteiger partial charge in [0.1, 0.15) is 41.8 Å². The molecule has 4 nitrogen and oxygen atoms in total. The van der Waals surface area contributed by atoms with Crippen molar-refractivity contribution in [1.29, 1.82) is 0 Å². The van der Waals surface area contributed by atoms with Gasteiger partial charge in [0.05, 0.1) is 5.56 Å².